The minimum absolute atomic E-state index is 0.183. The van der Waals surface area contributed by atoms with Crippen molar-refractivity contribution in [3.05, 3.63) is 111 Å². The first kappa shape index (κ1) is 24.8. The summed E-state index contributed by atoms with van der Waals surface area (Å²) in [5.41, 5.74) is 1.26. The Morgan fingerprint density at radius 2 is 1.95 bits per heavy atom. The molecule has 1 N–H and O–H groups in total. The summed E-state index contributed by atoms with van der Waals surface area (Å²) in [4.78, 5) is 43.5. The van der Waals surface area contributed by atoms with Gasteiger partial charge in [-0.25, -0.2) is 4.98 Å². The molecule has 4 aromatic rings. The van der Waals surface area contributed by atoms with Gasteiger partial charge in [-0.1, -0.05) is 59.9 Å². The molecule has 0 radical (unpaired) electrons. The van der Waals surface area contributed by atoms with Crippen LogP contribution in [-0.2, 0) is 9.59 Å². The van der Waals surface area contributed by atoms with E-state index >= 15 is 0 Å². The molecule has 1 atom stereocenters. The van der Waals surface area contributed by atoms with Gasteiger partial charge in [0.25, 0.3) is 11.6 Å². The number of aromatic nitrogens is 1. The van der Waals surface area contributed by atoms with E-state index in [0.29, 0.717) is 23.4 Å². The molecule has 1 aliphatic rings. The minimum atomic E-state index is -1.12. The molecule has 2 heterocycles. The smallest absolute Gasteiger partial charge is 0.296 e. The molecule has 1 aliphatic heterocycles. The van der Waals surface area contributed by atoms with Gasteiger partial charge in [-0.05, 0) is 42.3 Å². The summed E-state index contributed by atoms with van der Waals surface area (Å²) in [6.45, 7) is 2.35. The number of ketones is 1. The van der Waals surface area contributed by atoms with Gasteiger partial charge in [0.15, 0.2) is 16.7 Å². The second kappa shape index (κ2) is 10.3. The molecule has 1 unspecified atom stereocenters. The standard InChI is InChI=1S/C28H21N3O6S/c1-2-37-20-12-13-21-23(16-20)38-28(29-21)30-25(18-9-6-10-19(15-18)31(35)36)24(26(33)27(30)34)22(32)14-11-17-7-4-3-5-8-17/h3-16,25,33H,2H2,1H3. The third-order valence-electron chi connectivity index (χ3n) is 5.96. The molecule has 0 fully saturated rings. The fraction of sp³-hybridized carbons (Fsp3) is 0.107. The zero-order valence-corrected chi connectivity index (χ0v) is 20.9. The van der Waals surface area contributed by atoms with Crippen LogP contribution >= 0.6 is 11.3 Å². The van der Waals surface area contributed by atoms with E-state index in [1.165, 1.54) is 40.5 Å². The highest BCUT2D eigenvalue weighted by Gasteiger charge is 2.45. The topological polar surface area (TPSA) is 123 Å². The molecule has 0 spiro atoms. The number of non-ortho nitro benzene ring substituents is 1. The Labute approximate surface area is 221 Å². The SMILES string of the molecule is CCOc1ccc2nc(N3C(=O)C(O)=C(C(=O)C=Cc4ccccc4)C3c3cccc([N+](=O)[O-])c3)sc2c1. The van der Waals surface area contributed by atoms with E-state index in [1.54, 1.807) is 42.5 Å². The number of hydrogen-bond donors (Lipinski definition) is 1. The quantitative estimate of drug-likeness (QED) is 0.175. The number of anilines is 1. The molecular weight excluding hydrogens is 506 g/mol. The van der Waals surface area contributed by atoms with Crippen LogP contribution in [-0.4, -0.2) is 33.3 Å². The Bertz CT molecular complexity index is 1630. The number of ether oxygens (including phenoxy) is 1. The summed E-state index contributed by atoms with van der Waals surface area (Å²) < 4.78 is 6.29. The molecule has 9 nitrogen and oxygen atoms in total. The predicted octanol–water partition coefficient (Wildman–Crippen LogP) is 5.79. The van der Waals surface area contributed by atoms with Crippen molar-refractivity contribution in [2.75, 3.05) is 11.5 Å². The van der Waals surface area contributed by atoms with Crippen LogP contribution in [0, 0.1) is 10.1 Å². The van der Waals surface area contributed by atoms with E-state index < -0.39 is 28.4 Å². The number of allylic oxidation sites excluding steroid dienone is 1. The summed E-state index contributed by atoms with van der Waals surface area (Å²) in [6.07, 6.45) is 2.85. The third kappa shape index (κ3) is 4.64. The van der Waals surface area contributed by atoms with Gasteiger partial charge >= 0.3 is 0 Å². The molecule has 3 aromatic carbocycles. The van der Waals surface area contributed by atoms with Crippen molar-refractivity contribution in [1.29, 1.82) is 0 Å². The second-order valence-electron chi connectivity index (χ2n) is 8.36. The summed E-state index contributed by atoms with van der Waals surface area (Å²) in [5.74, 6) is -1.50. The normalized spacial score (nSPS) is 15.6. The number of rotatable bonds is 8. The number of nitro benzene ring substituents is 1. The average molecular weight is 528 g/mol. The maximum Gasteiger partial charge on any atom is 0.296 e. The third-order valence-corrected chi connectivity index (χ3v) is 6.98. The zero-order chi connectivity index (χ0) is 26.8. The van der Waals surface area contributed by atoms with Crippen LogP contribution in [0.1, 0.15) is 24.1 Å². The summed E-state index contributed by atoms with van der Waals surface area (Å²) in [7, 11) is 0. The molecule has 10 heteroatoms. The second-order valence-corrected chi connectivity index (χ2v) is 9.37. The molecule has 0 aliphatic carbocycles. The highest BCUT2D eigenvalue weighted by atomic mass is 32.1. The number of fused-ring (bicyclic) bond motifs is 1. The van der Waals surface area contributed by atoms with E-state index in [0.717, 1.165) is 10.3 Å². The van der Waals surface area contributed by atoms with Gasteiger partial charge in [-0.2, -0.15) is 0 Å². The molecule has 0 bridgehead atoms. The monoisotopic (exact) mass is 527 g/mol. The Morgan fingerprint density at radius 1 is 1.16 bits per heavy atom. The molecule has 38 heavy (non-hydrogen) atoms. The maximum atomic E-state index is 13.4. The molecule has 0 saturated heterocycles. The van der Waals surface area contributed by atoms with Gasteiger partial charge in [0.2, 0.25) is 0 Å². The fourth-order valence-corrected chi connectivity index (χ4v) is 5.28. The molecule has 1 aromatic heterocycles. The van der Waals surface area contributed by atoms with Crippen molar-refractivity contribution in [1.82, 2.24) is 4.98 Å². The number of aliphatic hydroxyl groups is 1. The Hall–Kier alpha value is -4.83. The highest BCUT2D eigenvalue weighted by molar-refractivity contribution is 7.22. The zero-order valence-electron chi connectivity index (χ0n) is 20.1. The number of hydrogen-bond acceptors (Lipinski definition) is 8. The Morgan fingerprint density at radius 3 is 2.68 bits per heavy atom. The van der Waals surface area contributed by atoms with Gasteiger partial charge in [0.05, 0.1) is 33.4 Å². The minimum Gasteiger partial charge on any atom is -0.503 e. The Kier molecular flexibility index (Phi) is 6.71. The van der Waals surface area contributed by atoms with E-state index in [9.17, 15) is 24.8 Å². The van der Waals surface area contributed by atoms with Crippen LogP contribution in [0.3, 0.4) is 0 Å². The van der Waals surface area contributed by atoms with Crippen molar-refractivity contribution in [3.63, 3.8) is 0 Å². The van der Waals surface area contributed by atoms with Crippen LogP contribution in [0.5, 0.6) is 5.75 Å². The molecule has 0 saturated carbocycles. The van der Waals surface area contributed by atoms with Gasteiger partial charge in [-0.15, -0.1) is 0 Å². The van der Waals surface area contributed by atoms with Crippen molar-refractivity contribution in [2.24, 2.45) is 0 Å². The average Bonchev–Trinajstić information content (AvgIpc) is 3.46. The molecular formula is C28H21N3O6S. The van der Waals surface area contributed by atoms with E-state index in [1.807, 2.05) is 25.1 Å². The van der Waals surface area contributed by atoms with Crippen LogP contribution in [0.25, 0.3) is 16.3 Å². The van der Waals surface area contributed by atoms with Crippen molar-refractivity contribution >= 4 is 50.1 Å². The molecule has 5 rings (SSSR count). The Balaban J connectivity index is 1.61. The largest absolute Gasteiger partial charge is 0.503 e. The summed E-state index contributed by atoms with van der Waals surface area (Å²) in [5, 5.41) is 22.6. The van der Waals surface area contributed by atoms with Crippen LogP contribution in [0.4, 0.5) is 10.8 Å². The lowest BCUT2D eigenvalue weighted by Crippen LogP contribution is -2.30. The summed E-state index contributed by atoms with van der Waals surface area (Å²) >= 11 is 1.19. The van der Waals surface area contributed by atoms with Gasteiger partial charge in [0.1, 0.15) is 5.75 Å². The lowest BCUT2D eigenvalue weighted by atomic mass is 9.95. The first-order chi connectivity index (χ1) is 18.4. The first-order valence-corrected chi connectivity index (χ1v) is 12.5. The van der Waals surface area contributed by atoms with E-state index in [-0.39, 0.29) is 16.4 Å². The fourth-order valence-electron chi connectivity index (χ4n) is 4.26. The number of carbonyl (C=O) groups excluding carboxylic acids is 2. The number of carbonyl (C=O) groups is 2. The van der Waals surface area contributed by atoms with Crippen molar-refractivity contribution in [2.45, 2.75) is 13.0 Å². The number of thiazole rings is 1. The first-order valence-electron chi connectivity index (χ1n) is 11.7. The molecule has 190 valence electrons. The summed E-state index contributed by atoms with van der Waals surface area (Å²) in [6, 6.07) is 18.9. The van der Waals surface area contributed by atoms with E-state index in [2.05, 4.69) is 4.98 Å². The van der Waals surface area contributed by atoms with Crippen LogP contribution in [0.2, 0.25) is 0 Å². The van der Waals surface area contributed by atoms with Gasteiger partial charge < -0.3 is 9.84 Å². The number of benzene rings is 3. The lowest BCUT2D eigenvalue weighted by Gasteiger charge is -2.24. The van der Waals surface area contributed by atoms with Crippen molar-refractivity contribution in [3.8, 4) is 5.75 Å². The highest BCUT2D eigenvalue weighted by Crippen LogP contribution is 2.44. The number of aliphatic hydroxyl groups excluding tert-OH is 1. The number of amides is 1. The van der Waals surface area contributed by atoms with Crippen molar-refractivity contribution < 1.29 is 24.4 Å². The number of nitro groups is 1. The van der Waals surface area contributed by atoms with Gasteiger partial charge in [-0.3, -0.25) is 24.6 Å². The van der Waals surface area contributed by atoms with E-state index in [4.69, 9.17) is 4.74 Å². The predicted molar refractivity (Wildman–Crippen MR) is 144 cm³/mol. The number of nitrogens with zero attached hydrogens (tertiary/aromatic N) is 3. The van der Waals surface area contributed by atoms with Gasteiger partial charge in [0, 0.05) is 12.1 Å². The lowest BCUT2D eigenvalue weighted by molar-refractivity contribution is -0.384. The maximum absolute atomic E-state index is 13.4. The van der Waals surface area contributed by atoms with Crippen LogP contribution in [0.15, 0.2) is 90.2 Å². The van der Waals surface area contributed by atoms with Crippen LogP contribution < -0.4 is 9.64 Å². The molecule has 1 amide bonds.